The van der Waals surface area contributed by atoms with Gasteiger partial charge in [0, 0.05) is 32.7 Å². The molecule has 1 N–H and O–H groups in total. The van der Waals surface area contributed by atoms with Crippen LogP contribution in [0.3, 0.4) is 0 Å². The van der Waals surface area contributed by atoms with Gasteiger partial charge in [0.25, 0.3) is 0 Å². The Kier molecular flexibility index (Phi) is 5.17. The number of amides is 1. The number of carbonyl (C=O) groups is 1. The molecule has 0 saturated carbocycles. The van der Waals surface area contributed by atoms with Crippen molar-refractivity contribution in [3.05, 3.63) is 35.4 Å². The second-order valence-electron chi connectivity index (χ2n) is 6.18. The van der Waals surface area contributed by atoms with E-state index in [1.165, 1.54) is 0 Å². The number of nitrogens with zero attached hydrogens (tertiary/aromatic N) is 3. The number of carbonyl (C=O) groups excluding carboxylic acids is 1. The highest BCUT2D eigenvalue weighted by molar-refractivity contribution is 5.87. The molecule has 22 heavy (non-hydrogen) atoms. The van der Waals surface area contributed by atoms with E-state index >= 15 is 0 Å². The van der Waals surface area contributed by atoms with E-state index in [1.807, 2.05) is 30.9 Å². The lowest BCUT2D eigenvalue weighted by molar-refractivity contribution is -0.138. The number of aliphatic hydroxyl groups excluding tert-OH is 1. The number of β-amino-alcohol motifs (C(OH)–C–C–N with tert-alkyl or cyclic N) is 1. The molecule has 1 amide bonds. The predicted molar refractivity (Wildman–Crippen MR) is 84.3 cm³/mol. The minimum Gasteiger partial charge on any atom is -0.395 e. The van der Waals surface area contributed by atoms with Crippen LogP contribution in [0.2, 0.25) is 0 Å². The van der Waals surface area contributed by atoms with Crippen LogP contribution in [0.15, 0.2) is 24.3 Å². The Morgan fingerprint density at radius 2 is 2.00 bits per heavy atom. The van der Waals surface area contributed by atoms with Crippen LogP contribution in [-0.4, -0.2) is 60.1 Å². The lowest BCUT2D eigenvalue weighted by Crippen LogP contribution is -2.53. The Labute approximate surface area is 131 Å². The molecule has 1 aromatic carbocycles. The highest BCUT2D eigenvalue weighted by atomic mass is 16.3. The van der Waals surface area contributed by atoms with Crippen molar-refractivity contribution in [2.24, 2.45) is 0 Å². The molecule has 5 nitrogen and oxygen atoms in total. The molecule has 1 fully saturated rings. The van der Waals surface area contributed by atoms with Gasteiger partial charge >= 0.3 is 0 Å². The third kappa shape index (κ3) is 3.46. The van der Waals surface area contributed by atoms with Crippen molar-refractivity contribution >= 4 is 5.91 Å². The number of benzene rings is 1. The molecule has 1 heterocycles. The molecule has 0 atom stereocenters. The summed E-state index contributed by atoms with van der Waals surface area (Å²) in [4.78, 5) is 16.9. The Balaban J connectivity index is 2.09. The Morgan fingerprint density at radius 1 is 1.32 bits per heavy atom. The Bertz CT molecular complexity index is 570. The number of piperazine rings is 1. The summed E-state index contributed by atoms with van der Waals surface area (Å²) in [5.41, 5.74) is 0.798. The van der Waals surface area contributed by atoms with Crippen LogP contribution >= 0.6 is 0 Å². The van der Waals surface area contributed by atoms with Gasteiger partial charge < -0.3 is 10.0 Å². The molecule has 118 valence electrons. The van der Waals surface area contributed by atoms with Crippen molar-refractivity contribution in [2.75, 3.05) is 39.3 Å². The summed E-state index contributed by atoms with van der Waals surface area (Å²) >= 11 is 0. The zero-order valence-electron chi connectivity index (χ0n) is 13.2. The van der Waals surface area contributed by atoms with Gasteiger partial charge in [-0.1, -0.05) is 12.1 Å². The first kappa shape index (κ1) is 16.5. The van der Waals surface area contributed by atoms with Crippen molar-refractivity contribution in [1.82, 2.24) is 9.80 Å². The standard InChI is InChI=1S/C17H23N3O2/c1-17(2,15-5-3-4-14(12-15)13-18)16(22)20-8-6-19(7-9-20)10-11-21/h3-5,12,21H,6-11H2,1-2H3. The number of aliphatic hydroxyl groups is 1. The highest BCUT2D eigenvalue weighted by Gasteiger charge is 2.35. The van der Waals surface area contributed by atoms with Crippen LogP contribution in [0.4, 0.5) is 0 Å². The van der Waals surface area contributed by atoms with Crippen molar-refractivity contribution < 1.29 is 9.90 Å². The highest BCUT2D eigenvalue weighted by Crippen LogP contribution is 2.27. The van der Waals surface area contributed by atoms with Gasteiger partial charge in [0.2, 0.25) is 5.91 Å². The third-order valence-corrected chi connectivity index (χ3v) is 4.32. The first-order chi connectivity index (χ1) is 10.5. The molecule has 0 bridgehead atoms. The number of nitriles is 1. The summed E-state index contributed by atoms with van der Waals surface area (Å²) < 4.78 is 0. The quantitative estimate of drug-likeness (QED) is 0.900. The number of hydrogen-bond acceptors (Lipinski definition) is 4. The lowest BCUT2D eigenvalue weighted by Gasteiger charge is -2.38. The van der Waals surface area contributed by atoms with Crippen molar-refractivity contribution in [2.45, 2.75) is 19.3 Å². The van der Waals surface area contributed by atoms with Gasteiger partial charge in [0.15, 0.2) is 0 Å². The van der Waals surface area contributed by atoms with Crippen LogP contribution in [0.5, 0.6) is 0 Å². The van der Waals surface area contributed by atoms with Gasteiger partial charge in [-0.15, -0.1) is 0 Å². The van der Waals surface area contributed by atoms with Gasteiger partial charge in [0.1, 0.15) is 0 Å². The van der Waals surface area contributed by atoms with E-state index in [9.17, 15) is 4.79 Å². The smallest absolute Gasteiger partial charge is 0.232 e. The fraction of sp³-hybridized carbons (Fsp3) is 0.529. The molecule has 2 rings (SSSR count). The first-order valence-corrected chi connectivity index (χ1v) is 7.62. The minimum atomic E-state index is -0.647. The predicted octanol–water partition coefficient (Wildman–Crippen LogP) is 0.972. The monoisotopic (exact) mass is 301 g/mol. The minimum absolute atomic E-state index is 0.0891. The normalized spacial score (nSPS) is 16.4. The summed E-state index contributed by atoms with van der Waals surface area (Å²) in [5, 5.41) is 18.0. The molecule has 1 aromatic rings. The van der Waals surface area contributed by atoms with E-state index in [0.29, 0.717) is 25.2 Å². The third-order valence-electron chi connectivity index (χ3n) is 4.32. The molecule has 0 spiro atoms. The molecular weight excluding hydrogens is 278 g/mol. The van der Waals surface area contributed by atoms with Gasteiger partial charge in [-0.2, -0.15) is 5.26 Å². The van der Waals surface area contributed by atoms with E-state index in [2.05, 4.69) is 11.0 Å². The van der Waals surface area contributed by atoms with Crippen LogP contribution in [0, 0.1) is 11.3 Å². The zero-order valence-corrected chi connectivity index (χ0v) is 13.2. The van der Waals surface area contributed by atoms with Crippen molar-refractivity contribution in [3.8, 4) is 6.07 Å². The summed E-state index contributed by atoms with van der Waals surface area (Å²) in [6, 6.07) is 9.39. The topological polar surface area (TPSA) is 67.6 Å². The fourth-order valence-electron chi connectivity index (χ4n) is 2.81. The van der Waals surface area contributed by atoms with E-state index in [4.69, 9.17) is 10.4 Å². The largest absolute Gasteiger partial charge is 0.395 e. The lowest BCUT2D eigenvalue weighted by atomic mass is 9.82. The van der Waals surface area contributed by atoms with E-state index in [1.54, 1.807) is 12.1 Å². The first-order valence-electron chi connectivity index (χ1n) is 7.62. The Hall–Kier alpha value is -1.90. The van der Waals surface area contributed by atoms with Crippen LogP contribution < -0.4 is 0 Å². The maximum atomic E-state index is 12.9. The molecule has 1 aliphatic heterocycles. The van der Waals surface area contributed by atoms with Crippen molar-refractivity contribution in [1.29, 1.82) is 5.26 Å². The Morgan fingerprint density at radius 3 is 2.59 bits per heavy atom. The average molecular weight is 301 g/mol. The van der Waals surface area contributed by atoms with Gasteiger partial charge in [0.05, 0.1) is 23.7 Å². The molecule has 5 heteroatoms. The molecule has 0 aliphatic carbocycles. The molecule has 1 saturated heterocycles. The summed E-state index contributed by atoms with van der Waals surface area (Å²) in [6.45, 7) is 7.58. The maximum Gasteiger partial charge on any atom is 0.232 e. The fourth-order valence-corrected chi connectivity index (χ4v) is 2.81. The zero-order chi connectivity index (χ0) is 16.2. The summed E-state index contributed by atoms with van der Waals surface area (Å²) in [6.07, 6.45) is 0. The van der Waals surface area contributed by atoms with Crippen molar-refractivity contribution in [3.63, 3.8) is 0 Å². The number of rotatable bonds is 4. The maximum absolute atomic E-state index is 12.9. The number of hydrogen-bond donors (Lipinski definition) is 1. The summed E-state index contributed by atoms with van der Waals surface area (Å²) in [7, 11) is 0. The SMILES string of the molecule is CC(C)(C(=O)N1CCN(CCO)CC1)c1cccc(C#N)c1. The van der Waals surface area contributed by atoms with Gasteiger partial charge in [-0.05, 0) is 31.5 Å². The molecular formula is C17H23N3O2. The molecule has 0 unspecified atom stereocenters. The van der Waals surface area contributed by atoms with E-state index in [-0.39, 0.29) is 12.5 Å². The van der Waals surface area contributed by atoms with E-state index < -0.39 is 5.41 Å². The van der Waals surface area contributed by atoms with Crippen LogP contribution in [0.1, 0.15) is 25.0 Å². The molecule has 1 aliphatic rings. The molecule has 0 aromatic heterocycles. The second-order valence-corrected chi connectivity index (χ2v) is 6.18. The average Bonchev–Trinajstić information content (AvgIpc) is 2.55. The molecule has 0 radical (unpaired) electrons. The summed E-state index contributed by atoms with van der Waals surface area (Å²) in [5.74, 6) is 0.0891. The van der Waals surface area contributed by atoms with E-state index in [0.717, 1.165) is 18.7 Å². The van der Waals surface area contributed by atoms with Crippen LogP contribution in [0.25, 0.3) is 0 Å². The second kappa shape index (κ2) is 6.91. The van der Waals surface area contributed by atoms with Gasteiger partial charge in [-0.3, -0.25) is 9.69 Å². The van der Waals surface area contributed by atoms with Crippen LogP contribution in [-0.2, 0) is 10.2 Å². The van der Waals surface area contributed by atoms with Gasteiger partial charge in [-0.25, -0.2) is 0 Å².